The van der Waals surface area contributed by atoms with Crippen molar-refractivity contribution < 1.29 is 56.3 Å². The van der Waals surface area contributed by atoms with E-state index in [0.717, 1.165) is 33.1 Å². The van der Waals surface area contributed by atoms with Crippen LogP contribution in [-0.4, -0.2) is 116 Å². The minimum Gasteiger partial charge on any atom is -0.480 e. The van der Waals surface area contributed by atoms with E-state index in [9.17, 15) is 29.4 Å². The van der Waals surface area contributed by atoms with Crippen molar-refractivity contribution in [3.8, 4) is 0 Å². The molecule has 0 aliphatic heterocycles. The van der Waals surface area contributed by atoms with E-state index in [2.05, 4.69) is 25.9 Å². The standard InChI is InChI=1S/C28H41N5O5.C17H22N4O2.C11H21NO4.2CH4.2H2/c1-9-37-15-21-31-22-23(33(21)16-28(7,8)36)18-12-10-11-13-19(18)29-24(22)32-25(34)20(14-17(2)3)30-26(35)38-27(4,5)6;1-4-23-9-13-20-14-15(21(13)10-17(2,3)22)11-7-5-6-8-12(11)19-16(14)18;1-7(2)6-8(9(13)14)12-10(15)16-11(3,4)5;;;;/h10-13,17,20,36H,9,14-16H2,1-8H3,(H,30,35)(H,29,32,34);5-8,22H,4,9-10H2,1-3H3,(H2,18,19);7-8H,6H2,1-5H3,(H,12,15)(H,13,14);2*1H4;2*1H/t20-;;8-;;;;/m0.0..../s1. The van der Waals surface area contributed by atoms with Crippen molar-refractivity contribution in [2.24, 2.45) is 11.8 Å². The fourth-order valence-electron chi connectivity index (χ4n) is 8.09. The Morgan fingerprint density at radius 2 is 1.01 bits per heavy atom. The maximum absolute atomic E-state index is 13.5. The monoisotopic (exact) mass is 1110 g/mol. The number of nitrogens with zero attached hydrogens (tertiary/aromatic N) is 6. The largest absolute Gasteiger partial charge is 0.480 e. The number of aliphatic carboxylic acids is 1. The van der Waals surface area contributed by atoms with Crippen LogP contribution in [0.25, 0.3) is 43.9 Å². The molecule has 444 valence electrons. The first-order chi connectivity index (χ1) is 35.7. The summed E-state index contributed by atoms with van der Waals surface area (Å²) in [5.41, 5.74) is 7.13. The Labute approximate surface area is 469 Å². The Bertz CT molecular complexity index is 2970. The van der Waals surface area contributed by atoms with Crippen molar-refractivity contribution >= 4 is 79.6 Å². The Kier molecular flexibility index (Phi) is 25.1. The van der Waals surface area contributed by atoms with Gasteiger partial charge >= 0.3 is 18.2 Å². The zero-order chi connectivity index (χ0) is 57.8. The number of imidazole rings is 2. The van der Waals surface area contributed by atoms with E-state index < -0.39 is 58.6 Å². The van der Waals surface area contributed by atoms with Gasteiger partial charge in [-0.2, -0.15) is 0 Å². The minimum absolute atomic E-state index is 0. The number of aromatic nitrogens is 6. The number of carboxylic acids is 1. The van der Waals surface area contributed by atoms with Gasteiger partial charge in [-0.15, -0.1) is 0 Å². The van der Waals surface area contributed by atoms with Crippen molar-refractivity contribution in [3.05, 3.63) is 60.2 Å². The number of carbonyl (C=O) groups excluding carboxylic acids is 3. The summed E-state index contributed by atoms with van der Waals surface area (Å²) in [5, 5.41) is 39.7. The Morgan fingerprint density at radius 3 is 1.42 bits per heavy atom. The molecule has 4 aromatic heterocycles. The van der Waals surface area contributed by atoms with Crippen LogP contribution in [0.15, 0.2) is 48.5 Å². The predicted molar refractivity (Wildman–Crippen MR) is 317 cm³/mol. The topological polar surface area (TPSA) is 289 Å². The number of amides is 3. The molecule has 0 saturated carbocycles. The quantitative estimate of drug-likeness (QED) is 0.0397. The molecule has 8 N–H and O–H groups in total. The maximum Gasteiger partial charge on any atom is 0.408 e. The Balaban J connectivity index is 0.00000127. The zero-order valence-electron chi connectivity index (χ0n) is 48.0. The second kappa shape index (κ2) is 29.0. The SMILES string of the molecule is C.C.CC(C)C[C@H](NC(=O)OC(C)(C)C)C(=O)O.CCOCc1nc2c(N)nc3ccccc3c2n1CC(C)(C)O.CCOCc1nc2c(NC(=O)[C@H](CC(C)C)NC(=O)OC(C)(C)C)nc3ccccc3c2n1CC(C)(C)O.[HH].[HH]. The number of para-hydroxylation sites is 2. The molecule has 0 aliphatic rings. The molecular formula is C58H96N10O11. The van der Waals surface area contributed by atoms with Gasteiger partial charge in [0.15, 0.2) is 11.6 Å². The van der Waals surface area contributed by atoms with E-state index in [4.69, 9.17) is 39.8 Å². The molecule has 21 heteroatoms. The van der Waals surface area contributed by atoms with Crippen LogP contribution in [0.2, 0.25) is 0 Å². The molecule has 79 heavy (non-hydrogen) atoms. The second-order valence-corrected chi connectivity index (χ2v) is 23.0. The summed E-state index contributed by atoms with van der Waals surface area (Å²) >= 11 is 0. The fourth-order valence-corrected chi connectivity index (χ4v) is 8.09. The lowest BCUT2D eigenvalue weighted by atomic mass is 10.0. The van der Waals surface area contributed by atoms with Gasteiger partial charge in [-0.3, -0.25) is 4.79 Å². The van der Waals surface area contributed by atoms with E-state index >= 15 is 0 Å². The minimum atomic E-state index is -1.04. The number of carbonyl (C=O) groups is 4. The van der Waals surface area contributed by atoms with Gasteiger partial charge < -0.3 is 65.1 Å². The number of aliphatic hydroxyl groups is 2. The molecule has 3 amide bonds. The van der Waals surface area contributed by atoms with Crippen LogP contribution < -0.4 is 21.7 Å². The lowest BCUT2D eigenvalue weighted by Gasteiger charge is -2.24. The van der Waals surface area contributed by atoms with Crippen LogP contribution >= 0.6 is 0 Å². The summed E-state index contributed by atoms with van der Waals surface area (Å²) in [6.07, 6.45) is -0.567. The van der Waals surface area contributed by atoms with Crippen LogP contribution in [0.1, 0.15) is 153 Å². The number of alkyl carbamates (subject to hydrolysis) is 2. The fraction of sp³-hybridized carbons (Fsp3) is 0.586. The summed E-state index contributed by atoms with van der Waals surface area (Å²) in [5.74, 6) is 0.889. The third-order valence-corrected chi connectivity index (χ3v) is 11.0. The molecule has 0 spiro atoms. The lowest BCUT2D eigenvalue weighted by Crippen LogP contribution is -2.46. The number of ether oxygens (including phenoxy) is 4. The van der Waals surface area contributed by atoms with E-state index in [1.807, 2.05) is 99.2 Å². The maximum atomic E-state index is 13.5. The van der Waals surface area contributed by atoms with Gasteiger partial charge in [-0.25, -0.2) is 34.3 Å². The third kappa shape index (κ3) is 21.1. The van der Waals surface area contributed by atoms with Gasteiger partial charge in [0.1, 0.15) is 59.2 Å². The number of nitrogens with two attached hydrogens (primary N) is 1. The molecule has 0 bridgehead atoms. The number of fused-ring (bicyclic) bond motifs is 6. The summed E-state index contributed by atoms with van der Waals surface area (Å²) in [7, 11) is 0. The van der Waals surface area contributed by atoms with Crippen LogP contribution in [0.4, 0.5) is 21.2 Å². The van der Waals surface area contributed by atoms with Crippen LogP contribution in [-0.2, 0) is 54.8 Å². The first-order valence-electron chi connectivity index (χ1n) is 26.1. The zero-order valence-corrected chi connectivity index (χ0v) is 48.0. The van der Waals surface area contributed by atoms with Gasteiger partial charge in [0.05, 0.1) is 46.4 Å². The molecule has 2 aromatic carbocycles. The van der Waals surface area contributed by atoms with Gasteiger partial charge in [0, 0.05) is 26.8 Å². The van der Waals surface area contributed by atoms with Crippen LogP contribution in [0, 0.1) is 11.8 Å². The number of nitrogens with one attached hydrogen (secondary N) is 3. The molecule has 2 atom stereocenters. The van der Waals surface area contributed by atoms with E-state index in [1.165, 1.54) is 0 Å². The first kappa shape index (κ1) is 68.4. The number of pyridine rings is 2. The van der Waals surface area contributed by atoms with Crippen molar-refractivity contribution in [1.82, 2.24) is 39.7 Å². The highest BCUT2D eigenvalue weighted by Gasteiger charge is 2.30. The Morgan fingerprint density at radius 1 is 0.620 bits per heavy atom. The average molecular weight is 1110 g/mol. The number of rotatable bonds is 19. The third-order valence-electron chi connectivity index (χ3n) is 11.0. The number of benzene rings is 2. The molecule has 6 aromatic rings. The van der Waals surface area contributed by atoms with E-state index in [1.54, 1.807) is 69.2 Å². The average Bonchev–Trinajstić information content (AvgIpc) is 3.83. The first-order valence-corrected chi connectivity index (χ1v) is 26.1. The van der Waals surface area contributed by atoms with Gasteiger partial charge in [-0.1, -0.05) is 78.9 Å². The molecule has 21 nitrogen and oxygen atoms in total. The molecular weight excluding hydrogens is 1010 g/mol. The van der Waals surface area contributed by atoms with Gasteiger partial charge in [0.25, 0.3) is 0 Å². The molecule has 0 aliphatic carbocycles. The molecule has 0 saturated heterocycles. The van der Waals surface area contributed by atoms with E-state index in [0.29, 0.717) is 67.4 Å². The Hall–Kier alpha value is -6.68. The van der Waals surface area contributed by atoms with E-state index in [-0.39, 0.29) is 48.5 Å². The molecule has 0 fully saturated rings. The highest BCUT2D eigenvalue weighted by molar-refractivity contribution is 6.10. The second-order valence-electron chi connectivity index (χ2n) is 23.0. The molecule has 0 unspecified atom stereocenters. The summed E-state index contributed by atoms with van der Waals surface area (Å²) in [6.45, 7) is 31.4. The highest BCUT2D eigenvalue weighted by atomic mass is 16.6. The summed E-state index contributed by atoms with van der Waals surface area (Å²) in [4.78, 5) is 66.8. The van der Waals surface area contributed by atoms with Crippen molar-refractivity contribution in [3.63, 3.8) is 0 Å². The van der Waals surface area contributed by atoms with Crippen molar-refractivity contribution in [2.75, 3.05) is 24.3 Å². The van der Waals surface area contributed by atoms with Crippen molar-refractivity contribution in [1.29, 1.82) is 0 Å². The molecule has 0 radical (unpaired) electrons. The number of carboxylic acid groups (broad SMARTS) is 1. The number of hydrogen-bond donors (Lipinski definition) is 7. The van der Waals surface area contributed by atoms with Crippen molar-refractivity contribution in [2.45, 2.75) is 199 Å². The van der Waals surface area contributed by atoms with Gasteiger partial charge in [0.2, 0.25) is 5.91 Å². The number of anilines is 2. The van der Waals surface area contributed by atoms with Crippen LogP contribution in [0.3, 0.4) is 0 Å². The molecule has 4 heterocycles. The lowest BCUT2D eigenvalue weighted by molar-refractivity contribution is -0.140. The number of nitrogen functional groups attached to an aromatic ring is 1. The van der Waals surface area contributed by atoms with Crippen LogP contribution in [0.5, 0.6) is 0 Å². The normalized spacial score (nSPS) is 12.7. The summed E-state index contributed by atoms with van der Waals surface area (Å²) < 4.78 is 25.5. The summed E-state index contributed by atoms with van der Waals surface area (Å²) in [6, 6.07) is 13.7. The highest BCUT2D eigenvalue weighted by Crippen LogP contribution is 2.33. The smallest absolute Gasteiger partial charge is 0.408 e. The predicted octanol–water partition coefficient (Wildman–Crippen LogP) is 11.0. The molecule has 6 rings (SSSR count). The number of hydrogen-bond acceptors (Lipinski definition) is 15. The van der Waals surface area contributed by atoms with Gasteiger partial charge in [-0.05, 0) is 120 Å².